The van der Waals surface area contributed by atoms with Crippen LogP contribution in [0, 0.1) is 6.92 Å². The number of nitrogens with one attached hydrogen (secondary N) is 1. The van der Waals surface area contributed by atoms with Crippen molar-refractivity contribution in [3.05, 3.63) is 66.8 Å². The molecule has 0 saturated carbocycles. The van der Waals surface area contributed by atoms with Gasteiger partial charge in [0.2, 0.25) is 11.9 Å². The fourth-order valence-corrected chi connectivity index (χ4v) is 5.00. The van der Waals surface area contributed by atoms with Gasteiger partial charge in [-0.3, -0.25) is 4.79 Å². The quantitative estimate of drug-likeness (QED) is 0.204. The third kappa shape index (κ3) is 4.98. The Morgan fingerprint density at radius 2 is 2.08 bits per heavy atom. The number of aliphatic imine (C=N–C) groups is 1. The number of nitrogens with two attached hydrogens (primary N) is 1. The summed E-state index contributed by atoms with van der Waals surface area (Å²) in [6, 6.07) is 9.36. The molecule has 1 atom stereocenters. The largest absolute Gasteiger partial charge is 0.457 e. The number of likely N-dealkylation sites (tertiary alicyclic amines) is 1. The zero-order chi connectivity index (χ0) is 27.6. The molecule has 1 unspecified atom stereocenters. The SMILES string of the molecule is C=C1CCN(C2CCN(c3ncc4ncnc(Nc5ccc(Oc6ccnc(N=CN)c6)c(C)c5)c4n3)C2)C1=O. The Bertz CT molecular complexity index is 1640. The van der Waals surface area contributed by atoms with Gasteiger partial charge in [-0.05, 0) is 49.6 Å². The molecular formula is C28H28N10O2. The lowest BCUT2D eigenvalue weighted by Gasteiger charge is -2.24. The Labute approximate surface area is 230 Å². The topological polar surface area (TPSA) is 148 Å². The molecule has 0 spiro atoms. The molecular weight excluding hydrogens is 508 g/mol. The summed E-state index contributed by atoms with van der Waals surface area (Å²) in [7, 11) is 0. The highest BCUT2D eigenvalue weighted by molar-refractivity contribution is 5.95. The smallest absolute Gasteiger partial charge is 0.249 e. The third-order valence-electron chi connectivity index (χ3n) is 7.06. The maximum atomic E-state index is 12.4. The first kappa shape index (κ1) is 25.2. The number of fused-ring (bicyclic) bond motifs is 1. The first-order chi connectivity index (χ1) is 19.5. The van der Waals surface area contributed by atoms with Crippen LogP contribution in [0.5, 0.6) is 11.5 Å². The van der Waals surface area contributed by atoms with Gasteiger partial charge >= 0.3 is 0 Å². The minimum absolute atomic E-state index is 0.0594. The normalized spacial score (nSPS) is 17.4. The molecule has 2 aliphatic heterocycles. The van der Waals surface area contributed by atoms with Gasteiger partial charge < -0.3 is 25.6 Å². The Kier molecular flexibility index (Phi) is 6.64. The van der Waals surface area contributed by atoms with E-state index in [1.54, 1.807) is 24.5 Å². The molecule has 2 aliphatic rings. The van der Waals surface area contributed by atoms with Crippen LogP contribution in [-0.2, 0) is 4.79 Å². The number of hydrogen-bond donors (Lipinski definition) is 2. The fraction of sp³-hybridized carbons (Fsp3) is 0.250. The summed E-state index contributed by atoms with van der Waals surface area (Å²) in [4.78, 5) is 42.8. The van der Waals surface area contributed by atoms with Crippen LogP contribution in [0.3, 0.4) is 0 Å². The van der Waals surface area contributed by atoms with Crippen molar-refractivity contribution in [2.75, 3.05) is 29.9 Å². The highest BCUT2D eigenvalue weighted by atomic mass is 16.5. The van der Waals surface area contributed by atoms with E-state index >= 15 is 0 Å². The highest BCUT2D eigenvalue weighted by Crippen LogP contribution is 2.31. The number of ether oxygens (including phenoxy) is 1. The molecule has 4 aromatic rings. The fourth-order valence-electron chi connectivity index (χ4n) is 5.00. The molecule has 2 saturated heterocycles. The van der Waals surface area contributed by atoms with Crippen LogP contribution in [0.25, 0.3) is 11.0 Å². The Hall–Kier alpha value is -5.13. The molecule has 2 fully saturated rings. The average Bonchev–Trinajstić information content (AvgIpc) is 3.57. The molecule has 1 amide bonds. The minimum atomic E-state index is 0.0594. The van der Waals surface area contributed by atoms with Crippen LogP contribution in [0.4, 0.5) is 23.3 Å². The summed E-state index contributed by atoms with van der Waals surface area (Å²) in [6.45, 7) is 8.02. The number of hydrogen-bond acceptors (Lipinski definition) is 10. The summed E-state index contributed by atoms with van der Waals surface area (Å²) >= 11 is 0. The summed E-state index contributed by atoms with van der Waals surface area (Å²) in [5.41, 5.74) is 9.04. The number of carbonyl (C=O) groups is 1. The first-order valence-electron chi connectivity index (χ1n) is 13.0. The van der Waals surface area contributed by atoms with E-state index in [1.165, 1.54) is 12.7 Å². The van der Waals surface area contributed by atoms with E-state index in [4.69, 9.17) is 15.5 Å². The average molecular weight is 537 g/mol. The lowest BCUT2D eigenvalue weighted by molar-refractivity contribution is -0.126. The van der Waals surface area contributed by atoms with E-state index in [1.807, 2.05) is 30.0 Å². The van der Waals surface area contributed by atoms with E-state index in [-0.39, 0.29) is 11.9 Å². The lowest BCUT2D eigenvalue weighted by atomic mass is 10.2. The summed E-state index contributed by atoms with van der Waals surface area (Å²) < 4.78 is 6.04. The predicted octanol–water partition coefficient (Wildman–Crippen LogP) is 3.64. The van der Waals surface area contributed by atoms with E-state index in [2.05, 4.69) is 41.7 Å². The molecule has 3 aromatic heterocycles. The minimum Gasteiger partial charge on any atom is -0.457 e. The van der Waals surface area contributed by atoms with Crippen molar-refractivity contribution in [2.24, 2.45) is 10.7 Å². The van der Waals surface area contributed by atoms with Crippen LogP contribution in [-0.4, -0.2) is 67.7 Å². The van der Waals surface area contributed by atoms with E-state index < -0.39 is 0 Å². The number of rotatable bonds is 7. The molecule has 12 nitrogen and oxygen atoms in total. The standard InChI is InChI=1S/C28H28N10O2/c1-17-6-10-38(27(17)39)20-7-9-37(14-20)28-31-13-22-25(36-28)26(34-16-33-22)35-19-3-4-23(18(2)11-19)40-21-5-8-30-24(12-21)32-15-29/h3-5,8,11-13,15-16,20H,1,6-7,9-10,14H2,2H3,(H2,29,30,32)(H,33,34,35). The van der Waals surface area contributed by atoms with Crippen molar-refractivity contribution in [1.82, 2.24) is 29.8 Å². The number of nitrogens with zero attached hydrogens (tertiary/aromatic N) is 8. The predicted molar refractivity (Wildman–Crippen MR) is 152 cm³/mol. The van der Waals surface area contributed by atoms with E-state index in [9.17, 15) is 4.79 Å². The van der Waals surface area contributed by atoms with Crippen molar-refractivity contribution < 1.29 is 9.53 Å². The Balaban J connectivity index is 1.20. The number of benzene rings is 1. The Morgan fingerprint density at radius 3 is 2.88 bits per heavy atom. The molecule has 5 heterocycles. The zero-order valence-corrected chi connectivity index (χ0v) is 22.0. The second kappa shape index (κ2) is 10.6. The molecule has 12 heteroatoms. The van der Waals surface area contributed by atoms with Crippen LogP contribution < -0.4 is 20.7 Å². The summed E-state index contributed by atoms with van der Waals surface area (Å²) in [5, 5.41) is 3.37. The lowest BCUT2D eigenvalue weighted by Crippen LogP contribution is -2.38. The van der Waals surface area contributed by atoms with E-state index in [0.717, 1.165) is 37.2 Å². The summed E-state index contributed by atoms with van der Waals surface area (Å²) in [5.74, 6) is 2.99. The van der Waals surface area contributed by atoms with Crippen LogP contribution in [0.15, 0.2) is 66.2 Å². The van der Waals surface area contributed by atoms with Crippen molar-refractivity contribution in [3.63, 3.8) is 0 Å². The van der Waals surface area contributed by atoms with Gasteiger partial charge in [-0.15, -0.1) is 0 Å². The highest BCUT2D eigenvalue weighted by Gasteiger charge is 2.35. The van der Waals surface area contributed by atoms with Crippen molar-refractivity contribution >= 4 is 46.6 Å². The molecule has 6 rings (SSSR count). The van der Waals surface area contributed by atoms with Gasteiger partial charge in [-0.2, -0.15) is 0 Å². The van der Waals surface area contributed by atoms with Gasteiger partial charge in [0.15, 0.2) is 11.6 Å². The second-order valence-electron chi connectivity index (χ2n) is 9.70. The third-order valence-corrected chi connectivity index (χ3v) is 7.06. The maximum absolute atomic E-state index is 12.4. The number of amides is 1. The Morgan fingerprint density at radius 1 is 1.18 bits per heavy atom. The number of carbonyl (C=O) groups excluding carboxylic acids is 1. The van der Waals surface area contributed by atoms with Gasteiger partial charge in [0.1, 0.15) is 28.9 Å². The first-order valence-corrected chi connectivity index (χ1v) is 13.0. The molecule has 1 aromatic carbocycles. The molecule has 3 N–H and O–H groups in total. The molecule has 0 radical (unpaired) electrons. The van der Waals surface area contributed by atoms with Crippen LogP contribution in [0.1, 0.15) is 18.4 Å². The van der Waals surface area contributed by atoms with Gasteiger partial charge in [0.25, 0.3) is 0 Å². The second-order valence-corrected chi connectivity index (χ2v) is 9.70. The van der Waals surface area contributed by atoms with Crippen molar-refractivity contribution in [1.29, 1.82) is 0 Å². The molecule has 0 bridgehead atoms. The number of aromatic nitrogens is 5. The number of pyridine rings is 1. The van der Waals surface area contributed by atoms with Gasteiger partial charge in [0, 0.05) is 43.2 Å². The number of aryl methyl sites for hydroxylation is 1. The van der Waals surface area contributed by atoms with Crippen LogP contribution >= 0.6 is 0 Å². The van der Waals surface area contributed by atoms with E-state index in [0.29, 0.717) is 52.2 Å². The van der Waals surface area contributed by atoms with Crippen molar-refractivity contribution in [2.45, 2.75) is 25.8 Å². The van der Waals surface area contributed by atoms with Crippen molar-refractivity contribution in [3.8, 4) is 11.5 Å². The monoisotopic (exact) mass is 536 g/mol. The molecule has 40 heavy (non-hydrogen) atoms. The zero-order valence-electron chi connectivity index (χ0n) is 22.0. The van der Waals surface area contributed by atoms with Gasteiger partial charge in [0.05, 0.1) is 18.6 Å². The molecule has 0 aliphatic carbocycles. The van der Waals surface area contributed by atoms with Gasteiger partial charge in [-0.25, -0.2) is 29.9 Å². The number of anilines is 3. The molecule has 202 valence electrons. The summed E-state index contributed by atoms with van der Waals surface area (Å²) in [6.07, 6.45) is 7.60. The van der Waals surface area contributed by atoms with Crippen LogP contribution in [0.2, 0.25) is 0 Å². The maximum Gasteiger partial charge on any atom is 0.249 e. The van der Waals surface area contributed by atoms with Gasteiger partial charge in [-0.1, -0.05) is 6.58 Å².